The molecular formula is C47H45N5O3. The van der Waals surface area contributed by atoms with E-state index in [1.807, 2.05) is 80.1 Å². The van der Waals surface area contributed by atoms with Crippen molar-refractivity contribution >= 4 is 23.4 Å². The molecule has 0 radical (unpaired) electrons. The van der Waals surface area contributed by atoms with Gasteiger partial charge in [-0.15, -0.1) is 0 Å². The zero-order chi connectivity index (χ0) is 37.6. The zero-order valence-corrected chi connectivity index (χ0v) is 31.1. The summed E-state index contributed by atoms with van der Waals surface area (Å²) in [6.45, 7) is 2.28. The van der Waals surface area contributed by atoms with Crippen molar-refractivity contribution in [1.82, 2.24) is 14.9 Å². The summed E-state index contributed by atoms with van der Waals surface area (Å²) in [4.78, 5) is 40.1. The van der Waals surface area contributed by atoms with Crippen molar-refractivity contribution in [2.75, 3.05) is 4.90 Å². The Morgan fingerprint density at radius 1 is 0.764 bits per heavy atom. The molecular weight excluding hydrogens is 683 g/mol. The van der Waals surface area contributed by atoms with Crippen LogP contribution in [0.4, 0.5) is 10.5 Å². The van der Waals surface area contributed by atoms with Gasteiger partial charge < -0.3 is 14.2 Å². The molecule has 8 nitrogen and oxygen atoms in total. The van der Waals surface area contributed by atoms with Crippen LogP contribution in [0.5, 0.6) is 0 Å². The molecule has 0 bridgehead atoms. The second kappa shape index (κ2) is 16.0. The number of fused-ring (bicyclic) bond motifs is 1. The number of aliphatic imine (C=N–C) groups is 1. The standard InChI is InChI=1S/C47H45N5O3/c1-34-18-17-29-41-42(36-21-9-3-10-22-36)49-44(50-46(54)55-32-35-19-7-2-8-20-35)45(53)52(43(34)41)31-40-30-51(33-48-40)47(37-23-11-4-12-24-37,38-25-13-5-14-26-38)39-27-15-6-16-28-39/h2,4-8,11-20,23-30,33,36,44H,3,9-10,21-22,31-32H2,1H3,(H,50,54)/t44-/m1/s1. The quantitative estimate of drug-likeness (QED) is 0.143. The first-order valence-electron chi connectivity index (χ1n) is 19.2. The van der Waals surface area contributed by atoms with Crippen LogP contribution in [0.1, 0.15) is 71.2 Å². The first kappa shape index (κ1) is 35.7. The molecule has 2 aliphatic rings. The number of carbonyl (C=O) groups excluding carboxylic acids is 2. The molecule has 2 heterocycles. The van der Waals surface area contributed by atoms with Gasteiger partial charge in [0.25, 0.3) is 5.91 Å². The monoisotopic (exact) mass is 727 g/mol. The lowest BCUT2D eigenvalue weighted by atomic mass is 9.77. The third-order valence-electron chi connectivity index (χ3n) is 10.9. The van der Waals surface area contributed by atoms with E-state index in [1.54, 1.807) is 4.90 Å². The number of anilines is 1. The molecule has 1 saturated carbocycles. The van der Waals surface area contributed by atoms with Gasteiger partial charge in [0.15, 0.2) is 0 Å². The van der Waals surface area contributed by atoms with E-state index < -0.39 is 17.8 Å². The normalized spacial score (nSPS) is 16.2. The Hall–Kier alpha value is -6.28. The smallest absolute Gasteiger partial charge is 0.409 e. The predicted octanol–water partition coefficient (Wildman–Crippen LogP) is 9.20. The molecule has 1 aromatic heterocycles. The number of ether oxygens (including phenoxy) is 1. The van der Waals surface area contributed by atoms with Gasteiger partial charge in [0.05, 0.1) is 30.0 Å². The minimum atomic E-state index is -1.17. The van der Waals surface area contributed by atoms with Crippen LogP contribution in [0, 0.1) is 12.8 Å². The molecule has 55 heavy (non-hydrogen) atoms. The first-order valence-corrected chi connectivity index (χ1v) is 19.2. The number of para-hydroxylation sites is 1. The summed E-state index contributed by atoms with van der Waals surface area (Å²) in [6.07, 6.45) is 7.39. The van der Waals surface area contributed by atoms with Crippen molar-refractivity contribution in [2.24, 2.45) is 10.9 Å². The zero-order valence-electron chi connectivity index (χ0n) is 31.1. The van der Waals surface area contributed by atoms with Gasteiger partial charge in [-0.3, -0.25) is 15.1 Å². The third kappa shape index (κ3) is 7.20. The van der Waals surface area contributed by atoms with Crippen LogP contribution in [-0.2, 0) is 28.2 Å². The van der Waals surface area contributed by atoms with E-state index >= 15 is 0 Å². The molecule has 8 heteroatoms. The Bertz CT molecular complexity index is 2170. The molecule has 8 rings (SSSR count). The SMILES string of the molecule is Cc1cccc2c1N(Cc1cn(C(c3ccccc3)(c3ccccc3)c3ccccc3)cn1)C(=O)[C@@H](NC(=O)OCc1ccccc1)N=C2C1CCCCC1. The highest BCUT2D eigenvalue weighted by Crippen LogP contribution is 2.41. The van der Waals surface area contributed by atoms with Gasteiger partial charge in [-0.25, -0.2) is 9.78 Å². The van der Waals surface area contributed by atoms with Crippen molar-refractivity contribution in [3.63, 3.8) is 0 Å². The van der Waals surface area contributed by atoms with Gasteiger partial charge in [0.2, 0.25) is 6.17 Å². The van der Waals surface area contributed by atoms with Gasteiger partial charge in [-0.1, -0.05) is 159 Å². The van der Waals surface area contributed by atoms with E-state index in [-0.39, 0.29) is 25.0 Å². The molecule has 2 amide bonds. The second-order valence-corrected chi connectivity index (χ2v) is 14.4. The molecule has 276 valence electrons. The van der Waals surface area contributed by atoms with Crippen LogP contribution in [0.25, 0.3) is 0 Å². The Balaban J connectivity index is 1.20. The van der Waals surface area contributed by atoms with Gasteiger partial charge in [0, 0.05) is 17.7 Å². The number of aromatic nitrogens is 2. The lowest BCUT2D eigenvalue weighted by Gasteiger charge is -2.37. The van der Waals surface area contributed by atoms with E-state index in [0.29, 0.717) is 5.69 Å². The Kier molecular flexibility index (Phi) is 10.4. The number of carbonyl (C=O) groups is 2. The largest absolute Gasteiger partial charge is 0.445 e. The van der Waals surface area contributed by atoms with Gasteiger partial charge in [-0.05, 0) is 47.6 Å². The second-order valence-electron chi connectivity index (χ2n) is 14.4. The summed E-state index contributed by atoms with van der Waals surface area (Å²) >= 11 is 0. The van der Waals surface area contributed by atoms with Crippen molar-refractivity contribution in [1.29, 1.82) is 0 Å². The molecule has 1 atom stereocenters. The Morgan fingerprint density at radius 2 is 1.35 bits per heavy atom. The molecule has 6 aromatic rings. The highest BCUT2D eigenvalue weighted by atomic mass is 16.5. The molecule has 5 aromatic carbocycles. The van der Waals surface area contributed by atoms with Crippen LogP contribution in [0.15, 0.2) is 157 Å². The molecule has 1 aliphatic carbocycles. The van der Waals surface area contributed by atoms with Crippen LogP contribution in [0.2, 0.25) is 0 Å². The molecule has 0 spiro atoms. The topological polar surface area (TPSA) is 88.8 Å². The van der Waals surface area contributed by atoms with Crippen LogP contribution in [-0.4, -0.2) is 33.4 Å². The highest BCUT2D eigenvalue weighted by molar-refractivity contribution is 6.14. The highest BCUT2D eigenvalue weighted by Gasteiger charge is 2.40. The third-order valence-corrected chi connectivity index (χ3v) is 10.9. The minimum Gasteiger partial charge on any atom is -0.445 e. The fourth-order valence-corrected chi connectivity index (χ4v) is 8.35. The number of benzene rings is 5. The lowest BCUT2D eigenvalue weighted by Crippen LogP contribution is -2.47. The van der Waals surface area contributed by atoms with Crippen molar-refractivity contribution < 1.29 is 14.3 Å². The van der Waals surface area contributed by atoms with E-state index in [1.165, 1.54) is 6.42 Å². The summed E-state index contributed by atoms with van der Waals surface area (Å²) in [5.74, 6) is -0.165. The summed E-state index contributed by atoms with van der Waals surface area (Å²) in [7, 11) is 0. The molecule has 0 unspecified atom stereocenters. The van der Waals surface area contributed by atoms with E-state index in [4.69, 9.17) is 14.7 Å². The molecule has 1 fully saturated rings. The maximum atomic E-state index is 14.9. The van der Waals surface area contributed by atoms with E-state index in [2.05, 4.69) is 88.7 Å². The lowest BCUT2D eigenvalue weighted by molar-refractivity contribution is -0.120. The van der Waals surface area contributed by atoms with Crippen molar-refractivity contribution in [3.8, 4) is 0 Å². The maximum Gasteiger partial charge on any atom is 0.409 e. The molecule has 1 N–H and O–H groups in total. The van der Waals surface area contributed by atoms with Crippen molar-refractivity contribution in [2.45, 2.75) is 63.9 Å². The summed E-state index contributed by atoms with van der Waals surface area (Å²) in [5, 5.41) is 2.85. The number of amides is 2. The first-order chi connectivity index (χ1) is 27.0. The number of aryl methyl sites for hydroxylation is 1. The van der Waals surface area contributed by atoms with Gasteiger partial charge in [-0.2, -0.15) is 0 Å². The van der Waals surface area contributed by atoms with Gasteiger partial charge in [0.1, 0.15) is 12.1 Å². The van der Waals surface area contributed by atoms with Crippen LogP contribution >= 0.6 is 0 Å². The number of rotatable bonds is 10. The fraction of sp³-hybridized carbons (Fsp3) is 0.234. The number of hydrogen-bond donors (Lipinski definition) is 1. The maximum absolute atomic E-state index is 14.9. The molecule has 0 saturated heterocycles. The number of alkyl carbamates (subject to hydrolysis) is 1. The number of nitrogens with one attached hydrogen (secondary N) is 1. The number of hydrogen-bond acceptors (Lipinski definition) is 5. The number of benzodiazepines with no additional fused rings is 1. The fourth-order valence-electron chi connectivity index (χ4n) is 8.35. The summed E-state index contributed by atoms with van der Waals surface area (Å²) < 4.78 is 7.77. The summed E-state index contributed by atoms with van der Waals surface area (Å²) in [5.41, 5.74) is 7.57. The Labute approximate surface area is 322 Å². The average Bonchev–Trinajstić information content (AvgIpc) is 3.67. The Morgan fingerprint density at radius 3 is 1.95 bits per heavy atom. The van der Waals surface area contributed by atoms with E-state index in [9.17, 15) is 9.59 Å². The summed E-state index contributed by atoms with van der Waals surface area (Å²) in [6, 6.07) is 47.0. The van der Waals surface area contributed by atoms with Crippen LogP contribution < -0.4 is 10.2 Å². The predicted molar refractivity (Wildman–Crippen MR) is 216 cm³/mol. The molecule has 1 aliphatic heterocycles. The van der Waals surface area contributed by atoms with Gasteiger partial charge >= 0.3 is 6.09 Å². The minimum absolute atomic E-state index is 0.0826. The van der Waals surface area contributed by atoms with E-state index in [0.717, 1.165) is 70.5 Å². The average molecular weight is 728 g/mol. The van der Waals surface area contributed by atoms with Crippen molar-refractivity contribution in [3.05, 3.63) is 191 Å². The number of imidazole rings is 1. The van der Waals surface area contributed by atoms with Crippen LogP contribution in [0.3, 0.4) is 0 Å². The number of nitrogens with zero attached hydrogens (tertiary/aromatic N) is 4.